The second-order valence-electron chi connectivity index (χ2n) is 7.76. The summed E-state index contributed by atoms with van der Waals surface area (Å²) in [6.45, 7) is 12.2. The SMILES string of the molecule is C=CC1=CCC(C(C)(CCCC)C(C)=O)=c2cccc3cc/c(=C/C)c1c23. The van der Waals surface area contributed by atoms with E-state index >= 15 is 0 Å². The van der Waals surface area contributed by atoms with Crippen LogP contribution in [0.2, 0.25) is 0 Å². The molecule has 0 amide bonds. The fourth-order valence-corrected chi connectivity index (χ4v) is 4.40. The monoisotopic (exact) mass is 358 g/mol. The normalized spacial score (nSPS) is 16.7. The van der Waals surface area contributed by atoms with Crippen molar-refractivity contribution < 1.29 is 4.79 Å². The summed E-state index contributed by atoms with van der Waals surface area (Å²) in [4.78, 5) is 12.8. The topological polar surface area (TPSA) is 17.1 Å². The number of carbonyl (C=O) groups is 1. The van der Waals surface area contributed by atoms with E-state index in [0.29, 0.717) is 0 Å². The molecule has 0 heterocycles. The standard InChI is InChI=1S/C26H30O/c1-6-9-17-26(5,18(4)27)23-16-15-20(8-3)24-19(7-2)13-14-21-11-10-12-22(23)25(21)24/h7-8,10-15H,3,6,9,16-17H2,1-2,4-5H3/b19-7-. The summed E-state index contributed by atoms with van der Waals surface area (Å²) in [5.74, 6) is 0.262. The Kier molecular flexibility index (Phi) is 5.51. The van der Waals surface area contributed by atoms with Crippen molar-refractivity contribution in [3.05, 3.63) is 65.1 Å². The lowest BCUT2D eigenvalue weighted by Crippen LogP contribution is -2.31. The van der Waals surface area contributed by atoms with Crippen LogP contribution in [0.3, 0.4) is 0 Å². The average Bonchev–Trinajstić information content (AvgIpc) is 2.85. The van der Waals surface area contributed by atoms with Crippen LogP contribution < -0.4 is 10.4 Å². The minimum atomic E-state index is -0.430. The van der Waals surface area contributed by atoms with Gasteiger partial charge in [0.15, 0.2) is 0 Å². The number of hydrogen-bond acceptors (Lipinski definition) is 1. The van der Waals surface area contributed by atoms with Crippen LogP contribution in [0, 0.1) is 5.41 Å². The van der Waals surface area contributed by atoms with Crippen molar-refractivity contribution >= 4 is 33.8 Å². The number of benzene rings is 2. The zero-order valence-corrected chi connectivity index (χ0v) is 17.1. The maximum Gasteiger partial charge on any atom is 0.139 e. The van der Waals surface area contributed by atoms with Gasteiger partial charge < -0.3 is 0 Å². The highest BCUT2D eigenvalue weighted by molar-refractivity contribution is 6.01. The fourth-order valence-electron chi connectivity index (χ4n) is 4.40. The van der Waals surface area contributed by atoms with Gasteiger partial charge in [-0.15, -0.1) is 0 Å². The zero-order valence-electron chi connectivity index (χ0n) is 17.1. The molecule has 0 N–H and O–H groups in total. The molecule has 1 aliphatic rings. The third-order valence-corrected chi connectivity index (χ3v) is 6.22. The Morgan fingerprint density at radius 1 is 1.26 bits per heavy atom. The molecule has 1 aliphatic carbocycles. The molecule has 0 saturated carbocycles. The van der Waals surface area contributed by atoms with Crippen molar-refractivity contribution in [2.75, 3.05) is 0 Å². The van der Waals surface area contributed by atoms with Gasteiger partial charge in [0.05, 0.1) is 0 Å². The van der Waals surface area contributed by atoms with Gasteiger partial charge in [-0.2, -0.15) is 0 Å². The van der Waals surface area contributed by atoms with E-state index in [1.54, 1.807) is 6.92 Å². The Hall–Kier alpha value is -2.41. The van der Waals surface area contributed by atoms with Crippen molar-refractivity contribution in [3.8, 4) is 0 Å². The summed E-state index contributed by atoms with van der Waals surface area (Å²) in [6.07, 6.45) is 10.2. The third-order valence-electron chi connectivity index (χ3n) is 6.22. The van der Waals surface area contributed by atoms with E-state index in [1.807, 2.05) is 6.08 Å². The second kappa shape index (κ2) is 7.68. The van der Waals surface area contributed by atoms with Gasteiger partial charge in [-0.3, -0.25) is 4.79 Å². The highest BCUT2D eigenvalue weighted by atomic mass is 16.1. The van der Waals surface area contributed by atoms with Gasteiger partial charge in [0.1, 0.15) is 5.78 Å². The van der Waals surface area contributed by atoms with Gasteiger partial charge in [0.25, 0.3) is 0 Å². The van der Waals surface area contributed by atoms with Gasteiger partial charge in [-0.1, -0.05) is 74.9 Å². The lowest BCUT2D eigenvalue weighted by Gasteiger charge is -2.30. The Morgan fingerprint density at radius 3 is 2.67 bits per heavy atom. The number of carbonyl (C=O) groups excluding carboxylic acids is 1. The first kappa shape index (κ1) is 19.4. The molecule has 1 atom stereocenters. The molecule has 0 fully saturated rings. The highest BCUT2D eigenvalue weighted by Gasteiger charge is 2.34. The minimum Gasteiger partial charge on any atom is -0.299 e. The first-order chi connectivity index (χ1) is 13.0. The Labute approximate surface area is 162 Å². The van der Waals surface area contributed by atoms with E-state index in [9.17, 15) is 4.79 Å². The maximum absolute atomic E-state index is 12.8. The summed E-state index contributed by atoms with van der Waals surface area (Å²) >= 11 is 0. The quantitative estimate of drug-likeness (QED) is 0.662. The van der Waals surface area contributed by atoms with Gasteiger partial charge in [0, 0.05) is 5.41 Å². The second-order valence-corrected chi connectivity index (χ2v) is 7.76. The molecule has 0 aliphatic heterocycles. The van der Waals surface area contributed by atoms with Gasteiger partial charge in [-0.05, 0) is 71.5 Å². The molecule has 1 heteroatoms. The predicted octanol–water partition coefficient (Wildman–Crippen LogP) is 5.55. The van der Waals surface area contributed by atoms with Crippen LogP contribution >= 0.6 is 0 Å². The summed E-state index contributed by atoms with van der Waals surface area (Å²) in [6, 6.07) is 10.9. The van der Waals surface area contributed by atoms with E-state index in [0.717, 1.165) is 31.3 Å². The number of ketones is 1. The Balaban J connectivity index is 2.51. The van der Waals surface area contributed by atoms with Crippen LogP contribution in [-0.2, 0) is 4.79 Å². The number of rotatable bonds is 6. The van der Waals surface area contributed by atoms with E-state index in [-0.39, 0.29) is 5.78 Å². The molecular weight excluding hydrogens is 328 g/mol. The summed E-state index contributed by atoms with van der Waals surface area (Å²) < 4.78 is 0. The lowest BCUT2D eigenvalue weighted by atomic mass is 9.72. The van der Waals surface area contributed by atoms with Crippen LogP contribution in [0.15, 0.2) is 49.1 Å². The van der Waals surface area contributed by atoms with Crippen molar-refractivity contribution in [1.29, 1.82) is 0 Å². The smallest absolute Gasteiger partial charge is 0.139 e. The Morgan fingerprint density at radius 2 is 2.04 bits per heavy atom. The highest BCUT2D eigenvalue weighted by Crippen LogP contribution is 2.39. The van der Waals surface area contributed by atoms with Crippen molar-refractivity contribution in [1.82, 2.24) is 0 Å². The first-order valence-corrected chi connectivity index (χ1v) is 10.0. The van der Waals surface area contributed by atoms with E-state index < -0.39 is 5.41 Å². The number of hydrogen-bond donors (Lipinski definition) is 0. The summed E-state index contributed by atoms with van der Waals surface area (Å²) in [5, 5.41) is 4.94. The van der Waals surface area contributed by atoms with E-state index in [1.165, 1.54) is 32.3 Å². The minimum absolute atomic E-state index is 0.262. The van der Waals surface area contributed by atoms with E-state index in [2.05, 4.69) is 69.8 Å². The number of unbranched alkanes of at least 4 members (excludes halogenated alkanes) is 1. The molecule has 0 saturated heterocycles. The van der Waals surface area contributed by atoms with Gasteiger partial charge >= 0.3 is 0 Å². The number of allylic oxidation sites excluding steroid dienone is 3. The molecular formula is C26H30O. The molecule has 0 spiro atoms. The molecule has 2 aromatic carbocycles. The van der Waals surface area contributed by atoms with Crippen LogP contribution in [0.1, 0.15) is 58.9 Å². The van der Waals surface area contributed by atoms with Gasteiger partial charge in [-0.25, -0.2) is 0 Å². The average molecular weight is 359 g/mol. The maximum atomic E-state index is 12.8. The Bertz CT molecular complexity index is 1050. The largest absolute Gasteiger partial charge is 0.299 e. The number of Topliss-reactive ketones (excluding diaryl/α,β-unsaturated/α-hetero) is 1. The summed E-state index contributed by atoms with van der Waals surface area (Å²) in [5.41, 5.74) is 3.23. The molecule has 1 nitrogen and oxygen atoms in total. The van der Waals surface area contributed by atoms with Crippen LogP contribution in [0.4, 0.5) is 0 Å². The first-order valence-electron chi connectivity index (χ1n) is 10.0. The molecule has 3 rings (SSSR count). The molecule has 140 valence electrons. The predicted molar refractivity (Wildman–Crippen MR) is 118 cm³/mol. The van der Waals surface area contributed by atoms with Crippen molar-refractivity contribution in [2.45, 2.75) is 53.4 Å². The zero-order chi connectivity index (χ0) is 19.6. The van der Waals surface area contributed by atoms with Gasteiger partial charge in [0.2, 0.25) is 0 Å². The van der Waals surface area contributed by atoms with Crippen LogP contribution in [-0.4, -0.2) is 5.78 Å². The molecule has 2 aromatic rings. The van der Waals surface area contributed by atoms with Crippen LogP contribution in [0.25, 0.3) is 28.0 Å². The fraction of sp³-hybridized carbons (Fsp3) is 0.346. The van der Waals surface area contributed by atoms with E-state index in [4.69, 9.17) is 0 Å². The summed E-state index contributed by atoms with van der Waals surface area (Å²) in [7, 11) is 0. The van der Waals surface area contributed by atoms with Crippen LogP contribution in [0.5, 0.6) is 0 Å². The third kappa shape index (κ3) is 3.20. The molecule has 27 heavy (non-hydrogen) atoms. The van der Waals surface area contributed by atoms with Crippen molar-refractivity contribution in [2.24, 2.45) is 5.41 Å². The van der Waals surface area contributed by atoms with Crippen molar-refractivity contribution in [3.63, 3.8) is 0 Å². The molecule has 0 bridgehead atoms. The molecule has 0 radical (unpaired) electrons. The molecule has 1 unspecified atom stereocenters. The lowest BCUT2D eigenvalue weighted by molar-refractivity contribution is -0.123. The molecule has 0 aromatic heterocycles.